The summed E-state index contributed by atoms with van der Waals surface area (Å²) in [5, 5.41) is 0. The van der Waals surface area contributed by atoms with Gasteiger partial charge in [0, 0.05) is 0 Å². The summed E-state index contributed by atoms with van der Waals surface area (Å²) in [7, 11) is 1.76. The number of anilines is 1. The normalized spacial score (nSPS) is 16.0. The molecule has 0 spiro atoms. The molecule has 5 rings (SSSR count). The number of pyridine rings is 3. The fourth-order valence-corrected chi connectivity index (χ4v) is 5.93. The van der Waals surface area contributed by atoms with Gasteiger partial charge in [-0.15, -0.1) is 0 Å². The second-order valence-electron chi connectivity index (χ2n) is 6.59. The van der Waals surface area contributed by atoms with E-state index in [1.54, 1.807) is 13.3 Å². The molecule has 2 aliphatic rings. The van der Waals surface area contributed by atoms with E-state index in [-0.39, 0.29) is 0 Å². The van der Waals surface area contributed by atoms with Gasteiger partial charge in [-0.1, -0.05) is 0 Å². The number of hydrogen-bond donors (Lipinski definition) is 0. The summed E-state index contributed by atoms with van der Waals surface area (Å²) in [6, 6.07) is 10.3. The van der Waals surface area contributed by atoms with Gasteiger partial charge in [-0.05, 0) is 0 Å². The number of rotatable bonds is 4. The van der Waals surface area contributed by atoms with E-state index >= 15 is 0 Å². The van der Waals surface area contributed by atoms with Crippen molar-refractivity contribution in [2.75, 3.05) is 25.1 Å². The van der Waals surface area contributed by atoms with E-state index in [0.717, 1.165) is 41.4 Å². The Morgan fingerprint density at radius 1 is 1.07 bits per heavy atom. The van der Waals surface area contributed by atoms with Crippen molar-refractivity contribution in [2.45, 2.75) is 6.10 Å². The van der Waals surface area contributed by atoms with Crippen LogP contribution in [0.1, 0.15) is 11.1 Å². The van der Waals surface area contributed by atoms with Gasteiger partial charge in [-0.25, -0.2) is 0 Å². The van der Waals surface area contributed by atoms with Crippen LogP contribution in [0.25, 0.3) is 11.3 Å². The first-order valence-corrected chi connectivity index (χ1v) is 11.5. The van der Waals surface area contributed by atoms with Crippen LogP contribution in [0.15, 0.2) is 58.3 Å². The van der Waals surface area contributed by atoms with Gasteiger partial charge in [0.25, 0.3) is 0 Å². The summed E-state index contributed by atoms with van der Waals surface area (Å²) in [4.78, 5) is 15.6. The third kappa shape index (κ3) is 3.12. The zero-order valence-corrected chi connectivity index (χ0v) is 17.7. The molecule has 2 radical (unpaired) electrons. The molecule has 3 aromatic rings. The van der Waals surface area contributed by atoms with Crippen molar-refractivity contribution < 1.29 is 4.74 Å². The monoisotopic (exact) mass is 463 g/mol. The first kappa shape index (κ1) is 16.8. The number of nitrogens with zero attached hydrogens (tertiary/aromatic N) is 5. The molecule has 1 saturated heterocycles. The Balaban J connectivity index is 1.47. The molecule has 6 nitrogen and oxygen atoms in total. The molecule has 7 heteroatoms. The van der Waals surface area contributed by atoms with Crippen LogP contribution < -0.4 is 8.48 Å². The van der Waals surface area contributed by atoms with Crippen LogP contribution in [0, 0.1) is 0 Å². The van der Waals surface area contributed by atoms with E-state index < -0.39 is 21.4 Å². The van der Waals surface area contributed by atoms with Crippen molar-refractivity contribution >= 4 is 36.5 Å². The van der Waals surface area contributed by atoms with Gasteiger partial charge in [0.1, 0.15) is 0 Å². The summed E-state index contributed by atoms with van der Waals surface area (Å²) in [6.07, 6.45) is 7.81. The predicted molar refractivity (Wildman–Crippen MR) is 106 cm³/mol. The maximum absolute atomic E-state index is 5.37. The number of aromatic nitrogens is 3. The molecular weight excluding hydrogens is 445 g/mol. The van der Waals surface area contributed by atoms with Gasteiger partial charge >= 0.3 is 168 Å². The molecule has 0 saturated carbocycles. The second kappa shape index (κ2) is 7.01. The summed E-state index contributed by atoms with van der Waals surface area (Å²) < 4.78 is 11.6. The summed E-state index contributed by atoms with van der Waals surface area (Å²) in [6.45, 7) is 1.78. The molecule has 3 aromatic heterocycles. The molecule has 0 amide bonds. The average Bonchev–Trinajstić information content (AvgIpc) is 3.11. The van der Waals surface area contributed by atoms with Gasteiger partial charge in [0.15, 0.2) is 0 Å². The van der Waals surface area contributed by atoms with Gasteiger partial charge in [-0.3, -0.25) is 0 Å². The fraction of sp³-hybridized carbons (Fsp3) is 0.200. The number of fused-ring (bicyclic) bond motifs is 1. The Kier molecular flexibility index (Phi) is 4.37. The van der Waals surface area contributed by atoms with E-state index in [0.29, 0.717) is 6.10 Å². The quantitative estimate of drug-likeness (QED) is 0.550. The van der Waals surface area contributed by atoms with Gasteiger partial charge in [0.2, 0.25) is 0 Å². The molecule has 0 aliphatic carbocycles. The predicted octanol–water partition coefficient (Wildman–Crippen LogP) is 1.47. The molecule has 2 aliphatic heterocycles. The van der Waals surface area contributed by atoms with E-state index in [4.69, 9.17) is 7.95 Å². The van der Waals surface area contributed by atoms with Crippen molar-refractivity contribution in [3.05, 3.63) is 66.2 Å². The number of ether oxygens (including phenoxy) is 1. The van der Waals surface area contributed by atoms with Crippen LogP contribution in [-0.4, -0.2) is 68.4 Å². The Morgan fingerprint density at radius 2 is 2.00 bits per heavy atom. The average molecular weight is 462 g/mol. The molecule has 0 N–H and O–H groups in total. The molecule has 132 valence electrons. The van der Waals surface area contributed by atoms with E-state index in [1.165, 1.54) is 9.14 Å². The standard InChI is InChI=1S/C20H17N5O.Sn/c1-26-17-12-25(13-17)19-10-15(5-8-24-19)20(21)14-4-7-23-18(9-14)16-3-2-6-22-11-16;/h2-3,5-11,17H,12-13H2,1H3;/q-1;+1. The first-order chi connectivity index (χ1) is 13.3. The van der Waals surface area contributed by atoms with E-state index in [1.807, 2.05) is 30.7 Å². The molecular formula is C20H17N5OSn. The first-order valence-electron chi connectivity index (χ1n) is 8.80. The minimum absolute atomic E-state index is 0.308. The molecule has 27 heavy (non-hydrogen) atoms. The van der Waals surface area contributed by atoms with E-state index in [9.17, 15) is 0 Å². The molecule has 0 aromatic carbocycles. The van der Waals surface area contributed by atoms with Crippen LogP contribution >= 0.6 is 0 Å². The zero-order chi connectivity index (χ0) is 18.2. The third-order valence-corrected chi connectivity index (χ3v) is 7.71. The Labute approximate surface area is 167 Å². The van der Waals surface area contributed by atoms with E-state index in [2.05, 4.69) is 38.1 Å². The summed E-state index contributed by atoms with van der Waals surface area (Å²) in [5.41, 5.74) is 5.39. The van der Waals surface area contributed by atoms with Crippen molar-refractivity contribution in [3.63, 3.8) is 0 Å². The molecule has 0 unspecified atom stereocenters. The summed E-state index contributed by atoms with van der Waals surface area (Å²) >= 11 is -0.975. The van der Waals surface area contributed by atoms with Crippen molar-refractivity contribution in [2.24, 2.45) is 3.21 Å². The van der Waals surface area contributed by atoms with Crippen LogP contribution in [0.3, 0.4) is 0 Å². The minimum atomic E-state index is -0.975. The molecule has 0 bridgehead atoms. The van der Waals surface area contributed by atoms with Crippen molar-refractivity contribution in [1.29, 1.82) is 0 Å². The topological polar surface area (TPSA) is 63.5 Å². The second-order valence-corrected chi connectivity index (χ2v) is 9.41. The SMILES string of the molecule is COC1CN(c2cc(C3=[N][Sn][c]4cnc(-c5cccnc5)cc43)ccn2)C1. The van der Waals surface area contributed by atoms with Crippen LogP contribution in [-0.2, 0) is 4.74 Å². The van der Waals surface area contributed by atoms with Crippen LogP contribution in [0.5, 0.6) is 0 Å². The van der Waals surface area contributed by atoms with Crippen molar-refractivity contribution in [3.8, 4) is 11.3 Å². The number of methoxy groups -OCH3 is 1. The molecule has 5 heterocycles. The zero-order valence-electron chi connectivity index (χ0n) is 14.8. The van der Waals surface area contributed by atoms with Crippen molar-refractivity contribution in [1.82, 2.24) is 15.0 Å². The van der Waals surface area contributed by atoms with Crippen LogP contribution in [0.4, 0.5) is 5.82 Å². The third-order valence-electron chi connectivity index (χ3n) is 4.93. The maximum atomic E-state index is 5.37. The summed E-state index contributed by atoms with van der Waals surface area (Å²) in [5.74, 6) is 0.990. The number of hydrogen-bond acceptors (Lipinski definition) is 6. The Bertz CT molecular complexity index is 1020. The van der Waals surface area contributed by atoms with Gasteiger partial charge in [0.05, 0.1) is 0 Å². The van der Waals surface area contributed by atoms with Crippen LogP contribution in [0.2, 0.25) is 0 Å². The van der Waals surface area contributed by atoms with Gasteiger partial charge in [-0.2, -0.15) is 0 Å². The Morgan fingerprint density at radius 3 is 2.81 bits per heavy atom. The molecule has 1 fully saturated rings. The van der Waals surface area contributed by atoms with Gasteiger partial charge < -0.3 is 0 Å². The molecule has 0 atom stereocenters. The fourth-order valence-electron chi connectivity index (χ4n) is 3.32. The Hall–Kier alpha value is -2.32.